The minimum absolute atomic E-state index is 0.241. The fourth-order valence-corrected chi connectivity index (χ4v) is 3.98. The van der Waals surface area contributed by atoms with Crippen LogP contribution in [0.3, 0.4) is 0 Å². The van der Waals surface area contributed by atoms with Gasteiger partial charge in [-0.15, -0.1) is 0 Å². The topological polar surface area (TPSA) is 84.9 Å². The second kappa shape index (κ2) is 8.73. The lowest BCUT2D eigenvalue weighted by atomic mass is 10.1. The van der Waals surface area contributed by atoms with Crippen molar-refractivity contribution in [3.63, 3.8) is 0 Å². The van der Waals surface area contributed by atoms with Crippen molar-refractivity contribution in [1.82, 2.24) is 5.32 Å². The molecule has 156 valence electrons. The third kappa shape index (κ3) is 5.20. The van der Waals surface area contributed by atoms with Gasteiger partial charge in [0.05, 0.1) is 18.0 Å². The van der Waals surface area contributed by atoms with E-state index in [-0.39, 0.29) is 12.6 Å². The van der Waals surface area contributed by atoms with Gasteiger partial charge in [0.2, 0.25) is 15.9 Å². The Balaban J connectivity index is 1.74. The maximum Gasteiger partial charge on any atom is 0.241 e. The van der Waals surface area contributed by atoms with E-state index < -0.39 is 15.9 Å². The highest BCUT2D eigenvalue weighted by molar-refractivity contribution is 7.92. The maximum atomic E-state index is 12.6. The van der Waals surface area contributed by atoms with Gasteiger partial charge in [-0.3, -0.25) is 9.10 Å². The van der Waals surface area contributed by atoms with Gasteiger partial charge in [0.25, 0.3) is 0 Å². The van der Waals surface area contributed by atoms with E-state index in [9.17, 15) is 13.2 Å². The molecule has 1 aliphatic heterocycles. The Labute approximate surface area is 171 Å². The van der Waals surface area contributed by atoms with Crippen LogP contribution in [0.1, 0.15) is 31.0 Å². The molecule has 8 heteroatoms. The van der Waals surface area contributed by atoms with Gasteiger partial charge in [0, 0.05) is 6.07 Å². The molecule has 0 radical (unpaired) electrons. The van der Waals surface area contributed by atoms with Gasteiger partial charge < -0.3 is 14.8 Å². The number of carbonyl (C=O) groups excluding carboxylic acids is 1. The van der Waals surface area contributed by atoms with Gasteiger partial charge in [0.1, 0.15) is 19.8 Å². The molecule has 0 saturated heterocycles. The largest absolute Gasteiger partial charge is 0.486 e. The number of fused-ring (bicyclic) bond motifs is 1. The van der Waals surface area contributed by atoms with Crippen LogP contribution >= 0.6 is 0 Å². The summed E-state index contributed by atoms with van der Waals surface area (Å²) in [6.07, 6.45) is 2.02. The van der Waals surface area contributed by atoms with Crippen molar-refractivity contribution in [1.29, 1.82) is 0 Å². The summed E-state index contributed by atoms with van der Waals surface area (Å²) in [4.78, 5) is 12.6. The summed E-state index contributed by atoms with van der Waals surface area (Å²) in [6.45, 7) is 4.47. The number of sulfonamides is 1. The summed E-state index contributed by atoms with van der Waals surface area (Å²) in [5.41, 5.74) is 2.53. The van der Waals surface area contributed by atoms with E-state index in [1.807, 2.05) is 31.2 Å². The van der Waals surface area contributed by atoms with Crippen molar-refractivity contribution < 1.29 is 22.7 Å². The average molecular weight is 419 g/mol. The zero-order valence-corrected chi connectivity index (χ0v) is 17.7. The molecule has 3 rings (SSSR count). The first kappa shape index (κ1) is 21.0. The van der Waals surface area contributed by atoms with E-state index in [0.29, 0.717) is 30.4 Å². The highest BCUT2D eigenvalue weighted by Gasteiger charge is 2.24. The predicted octanol–water partition coefficient (Wildman–Crippen LogP) is 2.66. The highest BCUT2D eigenvalue weighted by Crippen LogP contribution is 2.34. The van der Waals surface area contributed by atoms with Crippen LogP contribution in [0.5, 0.6) is 11.5 Å². The second-order valence-electron chi connectivity index (χ2n) is 6.98. The highest BCUT2D eigenvalue weighted by atomic mass is 32.2. The van der Waals surface area contributed by atoms with E-state index in [1.165, 1.54) is 5.56 Å². The predicted molar refractivity (Wildman–Crippen MR) is 112 cm³/mol. The van der Waals surface area contributed by atoms with Crippen LogP contribution in [0, 0.1) is 0 Å². The van der Waals surface area contributed by atoms with E-state index in [2.05, 4.69) is 12.2 Å². The number of benzene rings is 2. The molecule has 2 aromatic carbocycles. The standard InChI is InChI=1S/C21H26N2O5S/c1-4-16-5-7-17(8-6-16)15(2)22-21(24)14-23(29(3,25)26)18-9-10-19-20(13-18)28-12-11-27-19/h5-10,13,15H,4,11-12,14H2,1-3H3,(H,22,24). The van der Waals surface area contributed by atoms with Crippen molar-refractivity contribution in [2.45, 2.75) is 26.3 Å². The Kier molecular flexibility index (Phi) is 6.32. The summed E-state index contributed by atoms with van der Waals surface area (Å²) in [5.74, 6) is 0.631. The number of nitrogens with zero attached hydrogens (tertiary/aromatic N) is 1. The zero-order chi connectivity index (χ0) is 21.0. The number of hydrogen-bond donors (Lipinski definition) is 1. The number of hydrogen-bond acceptors (Lipinski definition) is 5. The third-order valence-electron chi connectivity index (χ3n) is 4.77. The second-order valence-corrected chi connectivity index (χ2v) is 8.89. The van der Waals surface area contributed by atoms with Crippen molar-refractivity contribution in [3.05, 3.63) is 53.6 Å². The summed E-state index contributed by atoms with van der Waals surface area (Å²) in [5, 5.41) is 2.87. The molecule has 1 N–H and O–H groups in total. The number of ether oxygens (including phenoxy) is 2. The number of rotatable bonds is 7. The molecule has 0 spiro atoms. The SMILES string of the molecule is CCc1ccc(C(C)NC(=O)CN(c2ccc3c(c2)OCCO3)S(C)(=O)=O)cc1. The Hall–Kier alpha value is -2.74. The molecule has 1 unspecified atom stereocenters. The van der Waals surface area contributed by atoms with Crippen LogP contribution in [0.25, 0.3) is 0 Å². The van der Waals surface area contributed by atoms with E-state index in [1.54, 1.807) is 18.2 Å². The van der Waals surface area contributed by atoms with E-state index in [0.717, 1.165) is 22.5 Å². The smallest absolute Gasteiger partial charge is 0.241 e. The summed E-state index contributed by atoms with van der Waals surface area (Å²) >= 11 is 0. The lowest BCUT2D eigenvalue weighted by Crippen LogP contribution is -2.41. The average Bonchev–Trinajstić information content (AvgIpc) is 2.71. The monoisotopic (exact) mass is 418 g/mol. The first-order chi connectivity index (χ1) is 13.8. The van der Waals surface area contributed by atoms with Gasteiger partial charge in [0.15, 0.2) is 11.5 Å². The quantitative estimate of drug-likeness (QED) is 0.747. The minimum Gasteiger partial charge on any atom is -0.486 e. The number of nitrogens with one attached hydrogen (secondary N) is 1. The molecule has 0 saturated carbocycles. The Morgan fingerprint density at radius 3 is 2.38 bits per heavy atom. The van der Waals surface area contributed by atoms with Crippen LogP contribution in [0.4, 0.5) is 5.69 Å². The lowest BCUT2D eigenvalue weighted by Gasteiger charge is -2.25. The van der Waals surface area contributed by atoms with Crippen LogP contribution in [-0.2, 0) is 21.2 Å². The molecule has 0 aromatic heterocycles. The zero-order valence-electron chi connectivity index (χ0n) is 16.8. The van der Waals surface area contributed by atoms with Crippen LogP contribution < -0.4 is 19.1 Å². The molecule has 1 aliphatic rings. The normalized spacial score (nSPS) is 14.2. The van der Waals surface area contributed by atoms with Gasteiger partial charge in [-0.25, -0.2) is 8.42 Å². The van der Waals surface area contributed by atoms with E-state index >= 15 is 0 Å². The molecule has 29 heavy (non-hydrogen) atoms. The molecule has 7 nitrogen and oxygen atoms in total. The van der Waals surface area contributed by atoms with E-state index in [4.69, 9.17) is 9.47 Å². The molecule has 1 amide bonds. The fourth-order valence-electron chi connectivity index (χ4n) is 3.13. The van der Waals surface area contributed by atoms with Crippen molar-refractivity contribution in [2.24, 2.45) is 0 Å². The molecule has 0 aliphatic carbocycles. The third-order valence-corrected chi connectivity index (χ3v) is 5.91. The number of aryl methyl sites for hydroxylation is 1. The first-order valence-electron chi connectivity index (χ1n) is 9.53. The van der Waals surface area contributed by atoms with Crippen LogP contribution in [0.15, 0.2) is 42.5 Å². The molecule has 0 fully saturated rings. The van der Waals surface area contributed by atoms with Gasteiger partial charge in [-0.2, -0.15) is 0 Å². The van der Waals surface area contributed by atoms with Crippen molar-refractivity contribution in [2.75, 3.05) is 30.3 Å². The number of amides is 1. The Morgan fingerprint density at radius 1 is 1.10 bits per heavy atom. The van der Waals surface area contributed by atoms with Gasteiger partial charge >= 0.3 is 0 Å². The molecule has 2 aromatic rings. The fraction of sp³-hybridized carbons (Fsp3) is 0.381. The lowest BCUT2D eigenvalue weighted by molar-refractivity contribution is -0.120. The minimum atomic E-state index is -3.67. The summed E-state index contributed by atoms with van der Waals surface area (Å²) in [7, 11) is -3.67. The Bertz CT molecular complexity index is 973. The van der Waals surface area contributed by atoms with Crippen LogP contribution in [-0.4, -0.2) is 40.3 Å². The summed E-state index contributed by atoms with van der Waals surface area (Å²) < 4.78 is 36.7. The van der Waals surface area contributed by atoms with Gasteiger partial charge in [-0.05, 0) is 36.6 Å². The molecule has 1 heterocycles. The Morgan fingerprint density at radius 2 is 1.76 bits per heavy atom. The number of carbonyl (C=O) groups is 1. The summed E-state index contributed by atoms with van der Waals surface area (Å²) in [6, 6.07) is 12.6. The first-order valence-corrected chi connectivity index (χ1v) is 11.4. The number of anilines is 1. The molecular formula is C21H26N2O5S. The van der Waals surface area contributed by atoms with Crippen molar-refractivity contribution >= 4 is 21.6 Å². The molecule has 1 atom stereocenters. The van der Waals surface area contributed by atoms with Crippen molar-refractivity contribution in [3.8, 4) is 11.5 Å². The molecular weight excluding hydrogens is 392 g/mol. The van der Waals surface area contributed by atoms with Gasteiger partial charge in [-0.1, -0.05) is 31.2 Å². The molecule has 0 bridgehead atoms. The maximum absolute atomic E-state index is 12.6. The van der Waals surface area contributed by atoms with Crippen LogP contribution in [0.2, 0.25) is 0 Å².